The minimum atomic E-state index is -0.809. The van der Waals surface area contributed by atoms with Crippen LogP contribution in [-0.2, 0) is 19.2 Å². The zero-order valence-corrected chi connectivity index (χ0v) is 34.9. The van der Waals surface area contributed by atoms with E-state index in [0.717, 1.165) is 64.3 Å². The number of rotatable bonds is 17. The van der Waals surface area contributed by atoms with Crippen LogP contribution in [0.1, 0.15) is 125 Å². The van der Waals surface area contributed by atoms with Crippen LogP contribution >= 0.6 is 0 Å². The molecule has 0 spiro atoms. The van der Waals surface area contributed by atoms with E-state index in [1.54, 1.807) is 12.0 Å². The smallest absolute Gasteiger partial charge is 0.240 e. The third-order valence-corrected chi connectivity index (χ3v) is 15.2. The molecule has 10 nitrogen and oxygen atoms in total. The van der Waals surface area contributed by atoms with Crippen molar-refractivity contribution in [3.05, 3.63) is 0 Å². The van der Waals surface area contributed by atoms with E-state index in [0.29, 0.717) is 47.5 Å². The molecule has 4 unspecified atom stereocenters. The molecule has 6 aliphatic rings. The molecule has 1 heterocycles. The monoisotopic (exact) mass is 747 g/mol. The van der Waals surface area contributed by atoms with Crippen molar-refractivity contribution >= 4 is 11.8 Å². The van der Waals surface area contributed by atoms with Crippen molar-refractivity contribution in [3.63, 3.8) is 0 Å². The maximum Gasteiger partial charge on any atom is 0.240 e. The highest BCUT2D eigenvalue weighted by Gasteiger charge is 2.58. The average Bonchev–Trinajstić information content (AvgIpc) is 3.49. The van der Waals surface area contributed by atoms with E-state index in [4.69, 9.17) is 9.57 Å². The number of aliphatic hydroxyl groups excluding tert-OH is 2. The number of fused-ring (bicyclic) bond motifs is 2. The van der Waals surface area contributed by atoms with Gasteiger partial charge in [0, 0.05) is 50.0 Å². The van der Waals surface area contributed by atoms with Crippen molar-refractivity contribution in [1.29, 1.82) is 0 Å². The number of amides is 2. The van der Waals surface area contributed by atoms with Gasteiger partial charge in [-0.2, -0.15) is 5.06 Å². The Kier molecular flexibility index (Phi) is 15.2. The maximum absolute atomic E-state index is 14.2. The predicted molar refractivity (Wildman–Crippen MR) is 210 cm³/mol. The van der Waals surface area contributed by atoms with E-state index >= 15 is 0 Å². The fraction of sp³-hybridized carbons (Fsp3) is 0.953. The second kappa shape index (κ2) is 18.8. The van der Waals surface area contributed by atoms with E-state index in [2.05, 4.69) is 64.2 Å². The SMILES string of the molecule is CCCCC(C)C[C@@H](CN(C)C)NC(=O)C1CCC(C2CCCC(CN3O[C@@H](CO)[C@@H]([C@H](C)O)[C@H]3C(=O)N[C@H]3C[C@H]4C[C@@H]([C@@H]3C)C4(C)C)C2OC)CC1. The maximum atomic E-state index is 14.2. The number of hydroxylamine groups is 2. The summed E-state index contributed by atoms with van der Waals surface area (Å²) in [5, 5.41) is 30.0. The standard InChI is InChI=1S/C43H78N4O6/c1-10-11-13-26(2)20-33(24-46(7)8)44-41(50)30-18-16-29(17-19-30)34-15-12-14-31(40(34)52-9)23-47-39(38(28(4)49)37(25-48)53-47)42(51)45-36-22-32-21-35(27(36)3)43(32,5)6/h26-40,48-49H,10-25H2,1-9H3,(H,44,50)(H,45,51)/t26?,27-,28-,29?,30?,31?,32+,33-,34?,35-,36-,37-,38+,39-,40?/m0/s1. The number of unbranched alkanes of at least 4 members (excludes halogenated alkanes) is 1. The van der Waals surface area contributed by atoms with Gasteiger partial charge in [-0.1, -0.05) is 60.3 Å². The summed E-state index contributed by atoms with van der Waals surface area (Å²) in [5.41, 5.74) is 0.326. The largest absolute Gasteiger partial charge is 0.394 e. The van der Waals surface area contributed by atoms with Gasteiger partial charge in [-0.3, -0.25) is 14.4 Å². The van der Waals surface area contributed by atoms with Crippen LogP contribution in [0, 0.1) is 58.7 Å². The number of ether oxygens (including phenoxy) is 1. The lowest BCUT2D eigenvalue weighted by Gasteiger charge is -2.62. The van der Waals surface area contributed by atoms with Gasteiger partial charge in [0.25, 0.3) is 0 Å². The molecule has 5 saturated carbocycles. The highest BCUT2D eigenvalue weighted by atomic mass is 16.7. The molecule has 2 bridgehead atoms. The second-order valence-electron chi connectivity index (χ2n) is 19.4. The molecule has 5 aliphatic carbocycles. The Bertz CT molecular complexity index is 1180. The molecule has 4 N–H and O–H groups in total. The lowest BCUT2D eigenvalue weighted by atomic mass is 9.45. The molecule has 0 aromatic heterocycles. The van der Waals surface area contributed by atoms with Gasteiger partial charge < -0.3 is 30.5 Å². The zero-order valence-electron chi connectivity index (χ0n) is 34.9. The zero-order chi connectivity index (χ0) is 38.6. The van der Waals surface area contributed by atoms with Gasteiger partial charge in [0.05, 0.1) is 18.8 Å². The van der Waals surface area contributed by atoms with E-state index in [1.165, 1.54) is 25.7 Å². The molecule has 306 valence electrons. The molecule has 6 rings (SSSR count). The fourth-order valence-corrected chi connectivity index (χ4v) is 12.0. The van der Waals surface area contributed by atoms with Crippen molar-refractivity contribution in [1.82, 2.24) is 20.6 Å². The van der Waals surface area contributed by atoms with E-state index in [9.17, 15) is 19.8 Å². The van der Waals surface area contributed by atoms with Crippen LogP contribution in [0.2, 0.25) is 0 Å². The number of carbonyl (C=O) groups is 2. The highest BCUT2D eigenvalue weighted by molar-refractivity contribution is 5.83. The molecule has 13 atom stereocenters. The number of hydrogen-bond acceptors (Lipinski definition) is 8. The van der Waals surface area contributed by atoms with Gasteiger partial charge >= 0.3 is 0 Å². The van der Waals surface area contributed by atoms with Gasteiger partial charge in [-0.05, 0) is 120 Å². The third-order valence-electron chi connectivity index (χ3n) is 15.2. The number of carbonyl (C=O) groups excluding carboxylic acids is 2. The van der Waals surface area contributed by atoms with Gasteiger partial charge in [0.15, 0.2) is 0 Å². The average molecular weight is 747 g/mol. The first-order valence-corrected chi connectivity index (χ1v) is 21.7. The Labute approximate surface area is 322 Å². The molecule has 1 saturated heterocycles. The summed E-state index contributed by atoms with van der Waals surface area (Å²) in [7, 11) is 6.00. The number of aliphatic hydroxyl groups is 2. The molecule has 0 aromatic carbocycles. The van der Waals surface area contributed by atoms with Crippen LogP contribution < -0.4 is 10.6 Å². The van der Waals surface area contributed by atoms with Crippen LogP contribution in [0.3, 0.4) is 0 Å². The van der Waals surface area contributed by atoms with Gasteiger partial charge in [0.1, 0.15) is 12.1 Å². The molecule has 0 aromatic rings. The van der Waals surface area contributed by atoms with Crippen molar-refractivity contribution < 1.29 is 29.4 Å². The summed E-state index contributed by atoms with van der Waals surface area (Å²) in [6, 6.07) is -0.385. The van der Waals surface area contributed by atoms with E-state index in [-0.39, 0.29) is 48.4 Å². The molecule has 6 fully saturated rings. The minimum absolute atomic E-state index is 0.0198. The van der Waals surface area contributed by atoms with Crippen molar-refractivity contribution in [2.24, 2.45) is 58.7 Å². The topological polar surface area (TPSA) is 124 Å². The molecular weight excluding hydrogens is 668 g/mol. The Morgan fingerprint density at radius 1 is 1.06 bits per heavy atom. The van der Waals surface area contributed by atoms with Crippen LogP contribution in [0.25, 0.3) is 0 Å². The van der Waals surface area contributed by atoms with Crippen molar-refractivity contribution in [3.8, 4) is 0 Å². The van der Waals surface area contributed by atoms with Crippen LogP contribution in [-0.4, -0.2) is 109 Å². The normalized spacial score (nSPS) is 38.9. The molecule has 2 amide bonds. The Morgan fingerprint density at radius 2 is 1.77 bits per heavy atom. The van der Waals surface area contributed by atoms with E-state index in [1.807, 2.05) is 7.11 Å². The molecule has 0 radical (unpaired) electrons. The number of nitrogens with zero attached hydrogens (tertiary/aromatic N) is 2. The Hall–Kier alpha value is -1.30. The summed E-state index contributed by atoms with van der Waals surface area (Å²) in [6.07, 6.45) is 12.6. The predicted octanol–water partition coefficient (Wildman–Crippen LogP) is 5.65. The number of hydrogen-bond donors (Lipinski definition) is 4. The first-order chi connectivity index (χ1) is 25.2. The van der Waals surface area contributed by atoms with Crippen LogP contribution in [0.4, 0.5) is 0 Å². The molecule has 1 aliphatic heterocycles. The minimum Gasteiger partial charge on any atom is -0.394 e. The summed E-state index contributed by atoms with van der Waals surface area (Å²) >= 11 is 0. The lowest BCUT2D eigenvalue weighted by Crippen LogP contribution is -2.62. The van der Waals surface area contributed by atoms with Crippen molar-refractivity contribution in [2.45, 2.75) is 161 Å². The van der Waals surface area contributed by atoms with Gasteiger partial charge in [-0.25, -0.2) is 0 Å². The molecule has 10 heteroatoms. The summed E-state index contributed by atoms with van der Waals surface area (Å²) in [4.78, 5) is 36.4. The van der Waals surface area contributed by atoms with Crippen LogP contribution in [0.15, 0.2) is 0 Å². The van der Waals surface area contributed by atoms with E-state index < -0.39 is 24.2 Å². The van der Waals surface area contributed by atoms with Gasteiger partial charge in [0.2, 0.25) is 11.8 Å². The first kappa shape index (κ1) is 42.8. The first-order valence-electron chi connectivity index (χ1n) is 21.7. The fourth-order valence-electron chi connectivity index (χ4n) is 12.0. The Balaban J connectivity index is 1.20. The lowest BCUT2D eigenvalue weighted by molar-refractivity contribution is -0.193. The third kappa shape index (κ3) is 9.81. The summed E-state index contributed by atoms with van der Waals surface area (Å²) < 4.78 is 6.34. The summed E-state index contributed by atoms with van der Waals surface area (Å²) in [5.74, 6) is 2.94. The Morgan fingerprint density at radius 3 is 2.36 bits per heavy atom. The molecular formula is C43H78N4O6. The summed E-state index contributed by atoms with van der Waals surface area (Å²) in [6.45, 7) is 14.4. The molecule has 53 heavy (non-hydrogen) atoms. The highest BCUT2D eigenvalue weighted by Crippen LogP contribution is 2.61. The quantitative estimate of drug-likeness (QED) is 0.151. The van der Waals surface area contributed by atoms with Gasteiger partial charge in [-0.15, -0.1) is 0 Å². The van der Waals surface area contributed by atoms with Crippen LogP contribution in [0.5, 0.6) is 0 Å². The number of methoxy groups -OCH3 is 1. The number of likely N-dealkylation sites (N-methyl/N-ethyl adjacent to an activating group) is 1. The number of nitrogens with one attached hydrogen (secondary N) is 2. The van der Waals surface area contributed by atoms with Crippen molar-refractivity contribution in [2.75, 3.05) is 40.9 Å². The second-order valence-corrected chi connectivity index (χ2v) is 19.4.